The first-order valence-electron chi connectivity index (χ1n) is 8.53. The number of ether oxygens (including phenoxy) is 1. The fourth-order valence-electron chi connectivity index (χ4n) is 3.41. The zero-order chi connectivity index (χ0) is 17.3. The smallest absolute Gasteiger partial charge is 0.270 e. The number of carbonyl (C=O) groups is 1. The number of ketones is 1. The molecular weight excluding hydrogens is 308 g/mol. The molecule has 2 heterocycles. The van der Waals surface area contributed by atoms with Gasteiger partial charge in [0.25, 0.3) is 11.9 Å². The zero-order valence-electron chi connectivity index (χ0n) is 14.1. The molecule has 3 rings (SSSR count). The number of rotatable bonds is 4. The van der Waals surface area contributed by atoms with Crippen LogP contribution in [0.15, 0.2) is 23.8 Å². The van der Waals surface area contributed by atoms with Crippen LogP contribution in [0.3, 0.4) is 0 Å². The van der Waals surface area contributed by atoms with Crippen LogP contribution < -0.4 is 9.64 Å². The van der Waals surface area contributed by atoms with Gasteiger partial charge >= 0.3 is 0 Å². The highest BCUT2D eigenvalue weighted by Gasteiger charge is 2.37. The second-order valence-corrected chi connectivity index (χ2v) is 6.81. The van der Waals surface area contributed by atoms with Gasteiger partial charge in [0.05, 0.1) is 23.6 Å². The molecule has 0 spiro atoms. The van der Waals surface area contributed by atoms with Crippen molar-refractivity contribution in [3.8, 4) is 5.75 Å². The van der Waals surface area contributed by atoms with Gasteiger partial charge in [-0.15, -0.1) is 0 Å². The van der Waals surface area contributed by atoms with E-state index in [0.717, 1.165) is 25.9 Å². The normalized spacial score (nSPS) is 21.0. The van der Waals surface area contributed by atoms with Gasteiger partial charge in [0, 0.05) is 23.6 Å². The quantitative estimate of drug-likeness (QED) is 0.676. The standard InChI is InChI=1S/C18H22N2O4/c1-12(2)17(21)15-11-13-10-14(20(22)23)6-7-16(13)24-18(15)19-8-4-3-5-9-19/h6-7,10-12,18H,3-5,8-9H2,1-2H3/p+1/t18-/m0/s1. The van der Waals surface area contributed by atoms with Gasteiger partial charge in [-0.3, -0.25) is 19.8 Å². The SMILES string of the molecule is CC(C)C(=O)C1=Cc2cc([N+](=O)[O-])ccc2O[C@@H]1[NH+]1CCCCC1. The third-order valence-electron chi connectivity index (χ3n) is 4.72. The summed E-state index contributed by atoms with van der Waals surface area (Å²) in [6, 6.07) is 4.56. The number of nitro benzene ring substituents is 1. The summed E-state index contributed by atoms with van der Waals surface area (Å²) < 4.78 is 6.14. The molecule has 0 aromatic heterocycles. The van der Waals surface area contributed by atoms with Crippen LogP contribution in [0.1, 0.15) is 38.7 Å². The van der Waals surface area contributed by atoms with E-state index in [1.807, 2.05) is 13.8 Å². The average Bonchev–Trinajstić information content (AvgIpc) is 2.60. The first-order chi connectivity index (χ1) is 11.5. The van der Waals surface area contributed by atoms with E-state index in [2.05, 4.69) is 0 Å². The van der Waals surface area contributed by atoms with E-state index >= 15 is 0 Å². The maximum absolute atomic E-state index is 12.7. The molecule has 1 fully saturated rings. The van der Waals surface area contributed by atoms with Crippen LogP contribution in [0.2, 0.25) is 0 Å². The summed E-state index contributed by atoms with van der Waals surface area (Å²) in [5.41, 5.74) is 1.25. The number of quaternary nitrogens is 1. The van der Waals surface area contributed by atoms with Crippen molar-refractivity contribution in [1.82, 2.24) is 0 Å². The summed E-state index contributed by atoms with van der Waals surface area (Å²) in [6.45, 7) is 5.70. The van der Waals surface area contributed by atoms with Crippen molar-refractivity contribution >= 4 is 17.5 Å². The molecular formula is C18H23N2O4+. The highest BCUT2D eigenvalue weighted by atomic mass is 16.6. The Morgan fingerprint density at radius 1 is 1.29 bits per heavy atom. The van der Waals surface area contributed by atoms with E-state index < -0.39 is 4.92 Å². The lowest BCUT2D eigenvalue weighted by Crippen LogP contribution is -3.17. The number of likely N-dealkylation sites (tertiary alicyclic amines) is 1. The van der Waals surface area contributed by atoms with E-state index in [1.165, 1.54) is 23.5 Å². The predicted octanol–water partition coefficient (Wildman–Crippen LogP) is 1.99. The molecule has 6 nitrogen and oxygen atoms in total. The highest BCUT2D eigenvalue weighted by molar-refractivity contribution is 6.02. The summed E-state index contributed by atoms with van der Waals surface area (Å²) in [5, 5.41) is 11.0. The molecule has 2 aliphatic rings. The van der Waals surface area contributed by atoms with E-state index in [4.69, 9.17) is 4.74 Å². The average molecular weight is 331 g/mol. The molecule has 1 aromatic carbocycles. The molecule has 24 heavy (non-hydrogen) atoms. The molecule has 1 saturated heterocycles. The Hall–Kier alpha value is -2.21. The summed E-state index contributed by atoms with van der Waals surface area (Å²) in [5.74, 6) is 0.533. The summed E-state index contributed by atoms with van der Waals surface area (Å²) in [6.07, 6.45) is 4.96. The van der Waals surface area contributed by atoms with Gasteiger partial charge in [-0.25, -0.2) is 0 Å². The Kier molecular flexibility index (Phi) is 4.66. The van der Waals surface area contributed by atoms with Gasteiger partial charge in [-0.2, -0.15) is 0 Å². The van der Waals surface area contributed by atoms with Crippen molar-refractivity contribution in [2.24, 2.45) is 5.92 Å². The zero-order valence-corrected chi connectivity index (χ0v) is 14.1. The number of nitro groups is 1. The predicted molar refractivity (Wildman–Crippen MR) is 89.9 cm³/mol. The number of Topliss-reactive ketones (excluding diaryl/α,β-unsaturated/α-hetero) is 1. The number of benzene rings is 1. The number of piperidine rings is 1. The second kappa shape index (κ2) is 6.73. The van der Waals surface area contributed by atoms with Gasteiger partial charge in [-0.1, -0.05) is 13.8 Å². The third-order valence-corrected chi connectivity index (χ3v) is 4.72. The highest BCUT2D eigenvalue weighted by Crippen LogP contribution is 2.32. The van der Waals surface area contributed by atoms with Gasteiger partial charge in [0.15, 0.2) is 5.78 Å². The van der Waals surface area contributed by atoms with Gasteiger partial charge in [-0.05, 0) is 31.4 Å². The maximum atomic E-state index is 12.7. The van der Waals surface area contributed by atoms with E-state index in [1.54, 1.807) is 12.1 Å². The van der Waals surface area contributed by atoms with E-state index in [9.17, 15) is 14.9 Å². The Labute approximate surface area is 141 Å². The topological polar surface area (TPSA) is 73.9 Å². The second-order valence-electron chi connectivity index (χ2n) is 6.81. The number of hydrogen-bond acceptors (Lipinski definition) is 4. The fourth-order valence-corrected chi connectivity index (χ4v) is 3.41. The van der Waals surface area contributed by atoms with Crippen LogP contribution in [0.25, 0.3) is 6.08 Å². The number of nitrogens with one attached hydrogen (secondary N) is 1. The Bertz CT molecular complexity index is 690. The molecule has 1 atom stereocenters. The molecule has 128 valence electrons. The third kappa shape index (κ3) is 3.19. The molecule has 0 aliphatic carbocycles. The largest absolute Gasteiger partial charge is 0.438 e. The minimum absolute atomic E-state index is 0.00807. The molecule has 0 saturated carbocycles. The van der Waals surface area contributed by atoms with Crippen LogP contribution in [0.5, 0.6) is 5.75 Å². The van der Waals surface area contributed by atoms with Crippen LogP contribution >= 0.6 is 0 Å². The van der Waals surface area contributed by atoms with Crippen LogP contribution in [-0.2, 0) is 4.79 Å². The molecule has 0 radical (unpaired) electrons. The Morgan fingerprint density at radius 2 is 2.00 bits per heavy atom. The van der Waals surface area contributed by atoms with Crippen LogP contribution in [0.4, 0.5) is 5.69 Å². The van der Waals surface area contributed by atoms with Gasteiger partial charge < -0.3 is 4.74 Å². The molecule has 0 unspecified atom stereocenters. The molecule has 2 aliphatic heterocycles. The molecule has 0 bridgehead atoms. The summed E-state index contributed by atoms with van der Waals surface area (Å²) >= 11 is 0. The van der Waals surface area contributed by atoms with Crippen molar-refractivity contribution in [2.45, 2.75) is 39.3 Å². The summed E-state index contributed by atoms with van der Waals surface area (Å²) in [4.78, 5) is 24.5. The number of non-ortho nitro benzene ring substituents is 1. The van der Waals surface area contributed by atoms with E-state index in [-0.39, 0.29) is 23.6 Å². The van der Waals surface area contributed by atoms with Gasteiger partial charge in [0.2, 0.25) is 0 Å². The van der Waals surface area contributed by atoms with Crippen LogP contribution in [-0.4, -0.2) is 30.0 Å². The first-order valence-corrected chi connectivity index (χ1v) is 8.53. The van der Waals surface area contributed by atoms with Crippen molar-refractivity contribution in [1.29, 1.82) is 0 Å². The van der Waals surface area contributed by atoms with Crippen molar-refractivity contribution in [3.63, 3.8) is 0 Å². The molecule has 1 aromatic rings. The molecule has 6 heteroatoms. The maximum Gasteiger partial charge on any atom is 0.270 e. The molecule has 0 amide bonds. The van der Waals surface area contributed by atoms with Crippen LogP contribution in [0, 0.1) is 16.0 Å². The van der Waals surface area contributed by atoms with Crippen molar-refractivity contribution in [2.75, 3.05) is 13.1 Å². The number of nitrogens with zero attached hydrogens (tertiary/aromatic N) is 1. The fraction of sp³-hybridized carbons (Fsp3) is 0.500. The van der Waals surface area contributed by atoms with Crippen molar-refractivity contribution < 1.29 is 19.4 Å². The Morgan fingerprint density at radius 3 is 2.62 bits per heavy atom. The van der Waals surface area contributed by atoms with Gasteiger partial charge in [0.1, 0.15) is 5.75 Å². The number of fused-ring (bicyclic) bond motifs is 1. The monoisotopic (exact) mass is 331 g/mol. The number of carbonyl (C=O) groups excluding carboxylic acids is 1. The van der Waals surface area contributed by atoms with E-state index in [0.29, 0.717) is 16.9 Å². The minimum atomic E-state index is -0.431. The lowest BCUT2D eigenvalue weighted by molar-refractivity contribution is -0.941. The minimum Gasteiger partial charge on any atom is -0.438 e. The lowest BCUT2D eigenvalue weighted by Gasteiger charge is -2.35. The first kappa shape index (κ1) is 16.6. The number of hydrogen-bond donors (Lipinski definition) is 1. The van der Waals surface area contributed by atoms with Crippen molar-refractivity contribution in [3.05, 3.63) is 39.4 Å². The Balaban J connectivity index is 2.00. The molecule has 1 N–H and O–H groups in total. The lowest BCUT2D eigenvalue weighted by atomic mass is 9.94. The summed E-state index contributed by atoms with van der Waals surface area (Å²) in [7, 11) is 0.